The molecule has 1 saturated carbocycles. The number of halogens is 2. The molecule has 0 saturated heterocycles. The Morgan fingerprint density at radius 1 is 1.28 bits per heavy atom. The highest BCUT2D eigenvalue weighted by Gasteiger charge is 2.31. The predicted molar refractivity (Wildman–Crippen MR) is 76.3 cm³/mol. The summed E-state index contributed by atoms with van der Waals surface area (Å²) < 4.78 is 18.7. The number of ether oxygens (including phenoxy) is 1. The molecule has 1 aromatic rings. The maximum absolute atomic E-state index is 12.9. The summed E-state index contributed by atoms with van der Waals surface area (Å²) in [6.45, 7) is 0.613. The Kier molecular flexibility index (Phi) is 4.79. The quantitative estimate of drug-likeness (QED) is 0.788. The first kappa shape index (κ1) is 14.0. The number of benzene rings is 1. The molecule has 0 N–H and O–H groups in total. The lowest BCUT2D eigenvalue weighted by molar-refractivity contribution is 0.121. The van der Waals surface area contributed by atoms with E-state index in [4.69, 9.17) is 16.3 Å². The zero-order valence-electron chi connectivity index (χ0n) is 10.3. The summed E-state index contributed by atoms with van der Waals surface area (Å²) in [7, 11) is 0. The molecule has 0 heterocycles. The van der Waals surface area contributed by atoms with E-state index >= 15 is 0 Å². The normalized spacial score (nSPS) is 18.6. The van der Waals surface area contributed by atoms with E-state index in [1.807, 2.05) is 0 Å². The smallest absolute Gasteiger partial charge is 0.138 e. The van der Waals surface area contributed by atoms with E-state index in [0.717, 1.165) is 18.6 Å². The van der Waals surface area contributed by atoms with Crippen LogP contribution in [0.25, 0.3) is 0 Å². The lowest BCUT2D eigenvalue weighted by Gasteiger charge is -2.35. The minimum absolute atomic E-state index is 0.152. The molecule has 4 heteroatoms. The average molecular weight is 289 g/mol. The fourth-order valence-electron chi connectivity index (χ4n) is 2.47. The molecule has 0 atom stereocenters. The molecule has 1 nitrogen and oxygen atoms in total. The van der Waals surface area contributed by atoms with Crippen LogP contribution in [0.1, 0.15) is 32.1 Å². The summed E-state index contributed by atoms with van der Waals surface area (Å²) in [4.78, 5) is 0. The van der Waals surface area contributed by atoms with Crippen LogP contribution in [0, 0.1) is 11.2 Å². The van der Waals surface area contributed by atoms with Crippen molar-refractivity contribution in [2.24, 2.45) is 5.41 Å². The second-order valence-corrected chi connectivity index (χ2v) is 5.81. The highest BCUT2D eigenvalue weighted by Crippen LogP contribution is 2.38. The van der Waals surface area contributed by atoms with Gasteiger partial charge in [-0.15, -0.1) is 0 Å². The van der Waals surface area contributed by atoms with Gasteiger partial charge in [0.25, 0.3) is 0 Å². The van der Waals surface area contributed by atoms with Gasteiger partial charge in [-0.1, -0.05) is 30.9 Å². The van der Waals surface area contributed by atoms with Gasteiger partial charge in [-0.05, 0) is 36.8 Å². The molecular formula is C14H18ClFOS. The van der Waals surface area contributed by atoms with Crippen LogP contribution in [-0.4, -0.2) is 12.4 Å². The van der Waals surface area contributed by atoms with Crippen molar-refractivity contribution >= 4 is 24.2 Å². The molecule has 0 unspecified atom stereocenters. The van der Waals surface area contributed by atoms with Crippen molar-refractivity contribution in [3.8, 4) is 5.75 Å². The minimum Gasteiger partial charge on any atom is -0.491 e. The average Bonchev–Trinajstić information content (AvgIpc) is 2.39. The van der Waals surface area contributed by atoms with Gasteiger partial charge in [-0.3, -0.25) is 0 Å². The number of rotatable bonds is 4. The van der Waals surface area contributed by atoms with Crippen molar-refractivity contribution in [3.05, 3.63) is 29.0 Å². The second-order valence-electron chi connectivity index (χ2n) is 5.08. The molecule has 2 rings (SSSR count). The van der Waals surface area contributed by atoms with Crippen molar-refractivity contribution in [3.63, 3.8) is 0 Å². The summed E-state index contributed by atoms with van der Waals surface area (Å²) in [6.07, 6.45) is 6.07. The lowest BCUT2D eigenvalue weighted by atomic mass is 9.76. The molecule has 0 amide bonds. The van der Waals surface area contributed by atoms with Crippen LogP contribution in [0.3, 0.4) is 0 Å². The molecule has 1 aliphatic rings. The second kappa shape index (κ2) is 6.16. The maximum atomic E-state index is 12.9. The van der Waals surface area contributed by atoms with Gasteiger partial charge in [0.2, 0.25) is 0 Å². The first-order valence-electron chi connectivity index (χ1n) is 6.34. The Bertz CT molecular complexity index is 405. The Morgan fingerprint density at radius 2 is 2.00 bits per heavy atom. The van der Waals surface area contributed by atoms with Gasteiger partial charge in [0.1, 0.15) is 11.6 Å². The molecule has 0 bridgehead atoms. The molecule has 0 aromatic heterocycles. The van der Waals surface area contributed by atoms with E-state index < -0.39 is 0 Å². The lowest BCUT2D eigenvalue weighted by Crippen LogP contribution is -2.33. The van der Waals surface area contributed by atoms with Crippen LogP contribution >= 0.6 is 24.2 Å². The van der Waals surface area contributed by atoms with Crippen molar-refractivity contribution in [2.45, 2.75) is 32.1 Å². The number of hydrogen-bond donors (Lipinski definition) is 1. The van der Waals surface area contributed by atoms with Crippen LogP contribution in [-0.2, 0) is 0 Å². The highest BCUT2D eigenvalue weighted by molar-refractivity contribution is 7.80. The highest BCUT2D eigenvalue weighted by atomic mass is 35.5. The number of hydrogen-bond acceptors (Lipinski definition) is 2. The van der Waals surface area contributed by atoms with Crippen LogP contribution in [0.5, 0.6) is 5.75 Å². The van der Waals surface area contributed by atoms with Crippen LogP contribution in [0.4, 0.5) is 4.39 Å². The van der Waals surface area contributed by atoms with Crippen LogP contribution in [0.15, 0.2) is 18.2 Å². The molecule has 1 fully saturated rings. The first-order chi connectivity index (χ1) is 8.65. The third kappa shape index (κ3) is 3.33. The van der Waals surface area contributed by atoms with Gasteiger partial charge in [-0.25, -0.2) is 4.39 Å². The van der Waals surface area contributed by atoms with Crippen molar-refractivity contribution in [2.75, 3.05) is 12.4 Å². The van der Waals surface area contributed by atoms with E-state index in [9.17, 15) is 4.39 Å². The minimum atomic E-state index is -0.339. The van der Waals surface area contributed by atoms with Crippen molar-refractivity contribution < 1.29 is 9.13 Å². The van der Waals surface area contributed by atoms with Gasteiger partial charge in [0.05, 0.1) is 11.6 Å². The molecule has 18 heavy (non-hydrogen) atoms. The molecule has 0 aliphatic heterocycles. The molecule has 0 radical (unpaired) electrons. The first-order valence-corrected chi connectivity index (χ1v) is 7.35. The largest absolute Gasteiger partial charge is 0.491 e. The summed E-state index contributed by atoms with van der Waals surface area (Å²) >= 11 is 10.4. The molecule has 100 valence electrons. The Hall–Kier alpha value is -0.410. The van der Waals surface area contributed by atoms with Gasteiger partial charge in [0, 0.05) is 5.41 Å². The summed E-state index contributed by atoms with van der Waals surface area (Å²) in [5.41, 5.74) is 0.152. The standard InChI is InChI=1S/C14H18ClFOS/c15-12-8-11(16)4-5-13(12)17-9-14(10-18)6-2-1-3-7-14/h4-5,8,18H,1-3,6-7,9-10H2. The maximum Gasteiger partial charge on any atom is 0.138 e. The van der Waals surface area contributed by atoms with E-state index in [2.05, 4.69) is 12.6 Å². The van der Waals surface area contributed by atoms with Crippen molar-refractivity contribution in [1.29, 1.82) is 0 Å². The van der Waals surface area contributed by atoms with E-state index in [-0.39, 0.29) is 11.2 Å². The third-order valence-electron chi connectivity index (χ3n) is 3.68. The summed E-state index contributed by atoms with van der Waals surface area (Å²) in [5, 5.41) is 0.333. The van der Waals surface area contributed by atoms with Gasteiger partial charge >= 0.3 is 0 Å². The molecular weight excluding hydrogens is 271 g/mol. The van der Waals surface area contributed by atoms with Crippen LogP contribution in [0.2, 0.25) is 5.02 Å². The van der Waals surface area contributed by atoms with Gasteiger partial charge in [-0.2, -0.15) is 12.6 Å². The van der Waals surface area contributed by atoms with Crippen molar-refractivity contribution in [1.82, 2.24) is 0 Å². The topological polar surface area (TPSA) is 9.23 Å². The number of thiol groups is 1. The summed E-state index contributed by atoms with van der Waals surface area (Å²) in [5.74, 6) is 1.05. The zero-order valence-corrected chi connectivity index (χ0v) is 11.9. The fourth-order valence-corrected chi connectivity index (χ4v) is 3.10. The van der Waals surface area contributed by atoms with E-state index in [1.165, 1.54) is 31.4 Å². The zero-order chi connectivity index (χ0) is 13.0. The molecule has 1 aliphatic carbocycles. The molecule has 0 spiro atoms. The van der Waals surface area contributed by atoms with Gasteiger partial charge < -0.3 is 4.74 Å². The molecule has 1 aromatic carbocycles. The third-order valence-corrected chi connectivity index (χ3v) is 4.64. The monoisotopic (exact) mass is 288 g/mol. The van der Waals surface area contributed by atoms with E-state index in [0.29, 0.717) is 17.4 Å². The Labute approximate surface area is 118 Å². The SMILES string of the molecule is Fc1ccc(OCC2(CS)CCCCC2)c(Cl)c1. The Balaban J connectivity index is 2.01. The predicted octanol–water partition coefficient (Wildman–Crippen LogP) is 4.74. The van der Waals surface area contributed by atoms with Gasteiger partial charge in [0.15, 0.2) is 0 Å². The summed E-state index contributed by atoms with van der Waals surface area (Å²) in [6, 6.07) is 4.24. The Morgan fingerprint density at radius 3 is 2.61 bits per heavy atom. The van der Waals surface area contributed by atoms with Crippen LogP contribution < -0.4 is 4.74 Å². The fraction of sp³-hybridized carbons (Fsp3) is 0.571. The van der Waals surface area contributed by atoms with E-state index in [1.54, 1.807) is 6.07 Å².